The zero-order valence-corrected chi connectivity index (χ0v) is 10.2. The molecule has 84 valence electrons. The Labute approximate surface area is 89.1 Å². The van der Waals surface area contributed by atoms with Crippen LogP contribution in [0.4, 0.5) is 0 Å². The molecule has 3 atom stereocenters. The fraction of sp³-hybridized carbons (Fsp3) is 1.00. The fourth-order valence-electron chi connectivity index (χ4n) is 2.33. The van der Waals surface area contributed by atoms with Crippen LogP contribution in [-0.2, 0) is 0 Å². The highest BCUT2D eigenvalue weighted by atomic mass is 15.2. The first-order valence-corrected chi connectivity index (χ1v) is 6.08. The highest BCUT2D eigenvalue weighted by Crippen LogP contribution is 2.21. The molecule has 0 bridgehead atoms. The Morgan fingerprint density at radius 3 is 2.71 bits per heavy atom. The van der Waals surface area contributed by atoms with E-state index in [1.165, 1.54) is 32.4 Å². The van der Waals surface area contributed by atoms with Crippen LogP contribution in [0.2, 0.25) is 0 Å². The van der Waals surface area contributed by atoms with Crippen molar-refractivity contribution in [3.8, 4) is 0 Å². The van der Waals surface area contributed by atoms with Gasteiger partial charge in [0, 0.05) is 12.1 Å². The molecule has 0 saturated carbocycles. The summed E-state index contributed by atoms with van der Waals surface area (Å²) in [4.78, 5) is 2.47. The Morgan fingerprint density at radius 2 is 2.21 bits per heavy atom. The first-order chi connectivity index (χ1) is 6.65. The molecule has 1 aliphatic heterocycles. The second-order valence-corrected chi connectivity index (χ2v) is 4.87. The molecule has 1 saturated heterocycles. The molecule has 3 unspecified atom stereocenters. The molecular weight excluding hydrogens is 172 g/mol. The van der Waals surface area contributed by atoms with Crippen molar-refractivity contribution in [2.45, 2.75) is 52.1 Å². The summed E-state index contributed by atoms with van der Waals surface area (Å²) in [7, 11) is 2.24. The summed E-state index contributed by atoms with van der Waals surface area (Å²) >= 11 is 0. The molecule has 0 aromatic rings. The monoisotopic (exact) mass is 198 g/mol. The summed E-state index contributed by atoms with van der Waals surface area (Å²) in [6.07, 6.45) is 3.95. The first-order valence-electron chi connectivity index (χ1n) is 6.08. The van der Waals surface area contributed by atoms with Crippen LogP contribution in [0.25, 0.3) is 0 Å². The maximum atomic E-state index is 3.65. The summed E-state index contributed by atoms with van der Waals surface area (Å²) in [6.45, 7) is 9.38. The van der Waals surface area contributed by atoms with Gasteiger partial charge >= 0.3 is 0 Å². The third-order valence-electron chi connectivity index (χ3n) is 3.68. The van der Waals surface area contributed by atoms with Crippen molar-refractivity contribution in [3.63, 3.8) is 0 Å². The average Bonchev–Trinajstić information content (AvgIpc) is 2.46. The summed E-state index contributed by atoms with van der Waals surface area (Å²) < 4.78 is 0. The van der Waals surface area contributed by atoms with Gasteiger partial charge in [0.05, 0.1) is 0 Å². The van der Waals surface area contributed by atoms with Crippen molar-refractivity contribution >= 4 is 0 Å². The van der Waals surface area contributed by atoms with E-state index in [2.05, 4.69) is 38.0 Å². The van der Waals surface area contributed by atoms with E-state index in [9.17, 15) is 0 Å². The molecule has 1 fully saturated rings. The average molecular weight is 198 g/mol. The molecule has 1 aliphatic rings. The van der Waals surface area contributed by atoms with Crippen molar-refractivity contribution < 1.29 is 0 Å². The molecule has 0 aliphatic carbocycles. The van der Waals surface area contributed by atoms with E-state index < -0.39 is 0 Å². The second kappa shape index (κ2) is 5.72. The summed E-state index contributed by atoms with van der Waals surface area (Å²) in [5.74, 6) is 0.860. The standard InChI is InChI=1S/C12H26N2/c1-5-6-10(2)13-9-12-7-8-14(4)11(12)3/h10-13H,5-9H2,1-4H3. The minimum atomic E-state index is 0.693. The number of hydrogen-bond acceptors (Lipinski definition) is 2. The van der Waals surface area contributed by atoms with Crippen molar-refractivity contribution in [1.29, 1.82) is 0 Å². The molecule has 2 nitrogen and oxygen atoms in total. The normalized spacial score (nSPS) is 30.9. The SMILES string of the molecule is CCCC(C)NCC1CCN(C)C1C. The largest absolute Gasteiger partial charge is 0.314 e. The van der Waals surface area contributed by atoms with E-state index >= 15 is 0 Å². The molecule has 0 aromatic carbocycles. The van der Waals surface area contributed by atoms with Crippen molar-refractivity contribution in [2.75, 3.05) is 20.1 Å². The van der Waals surface area contributed by atoms with Gasteiger partial charge in [-0.1, -0.05) is 13.3 Å². The number of rotatable bonds is 5. The minimum Gasteiger partial charge on any atom is -0.314 e. The maximum absolute atomic E-state index is 3.65. The molecule has 1 N–H and O–H groups in total. The lowest BCUT2D eigenvalue weighted by Gasteiger charge is -2.22. The van der Waals surface area contributed by atoms with Gasteiger partial charge in [-0.15, -0.1) is 0 Å². The predicted octanol–water partition coefficient (Wildman–Crippen LogP) is 2.10. The van der Waals surface area contributed by atoms with E-state index in [0.29, 0.717) is 6.04 Å². The van der Waals surface area contributed by atoms with Gasteiger partial charge < -0.3 is 10.2 Å². The molecule has 1 heterocycles. The second-order valence-electron chi connectivity index (χ2n) is 4.87. The third kappa shape index (κ3) is 3.25. The molecule has 0 radical (unpaired) electrons. The van der Waals surface area contributed by atoms with Crippen LogP contribution in [0, 0.1) is 5.92 Å². The van der Waals surface area contributed by atoms with Crippen molar-refractivity contribution in [2.24, 2.45) is 5.92 Å². The van der Waals surface area contributed by atoms with Gasteiger partial charge in [0.2, 0.25) is 0 Å². The summed E-state index contributed by atoms with van der Waals surface area (Å²) in [5.41, 5.74) is 0. The molecule has 2 heteroatoms. The maximum Gasteiger partial charge on any atom is 0.0105 e. The summed E-state index contributed by atoms with van der Waals surface area (Å²) in [6, 6.07) is 1.45. The highest BCUT2D eigenvalue weighted by molar-refractivity contribution is 4.83. The lowest BCUT2D eigenvalue weighted by Crippen LogP contribution is -2.36. The van der Waals surface area contributed by atoms with Crippen molar-refractivity contribution in [1.82, 2.24) is 10.2 Å². The van der Waals surface area contributed by atoms with Gasteiger partial charge in [0.15, 0.2) is 0 Å². The Kier molecular flexibility index (Phi) is 4.90. The van der Waals surface area contributed by atoms with Gasteiger partial charge in [0.1, 0.15) is 0 Å². The number of nitrogens with one attached hydrogen (secondary N) is 1. The highest BCUT2D eigenvalue weighted by Gasteiger charge is 2.27. The van der Waals surface area contributed by atoms with Crippen molar-refractivity contribution in [3.05, 3.63) is 0 Å². The van der Waals surface area contributed by atoms with Gasteiger partial charge in [0.25, 0.3) is 0 Å². The van der Waals surface area contributed by atoms with Crippen LogP contribution < -0.4 is 5.32 Å². The molecule has 1 rings (SSSR count). The Hall–Kier alpha value is -0.0800. The van der Waals surface area contributed by atoms with Gasteiger partial charge in [-0.2, -0.15) is 0 Å². The van der Waals surface area contributed by atoms with Crippen LogP contribution in [0.15, 0.2) is 0 Å². The van der Waals surface area contributed by atoms with E-state index in [-0.39, 0.29) is 0 Å². The van der Waals surface area contributed by atoms with Gasteiger partial charge in [-0.05, 0) is 52.7 Å². The minimum absolute atomic E-state index is 0.693. The van der Waals surface area contributed by atoms with Gasteiger partial charge in [-0.3, -0.25) is 0 Å². The van der Waals surface area contributed by atoms with Crippen LogP contribution in [0.5, 0.6) is 0 Å². The predicted molar refractivity (Wildman–Crippen MR) is 62.6 cm³/mol. The molecule has 0 aromatic heterocycles. The molecule has 0 amide bonds. The lowest BCUT2D eigenvalue weighted by atomic mass is 10.0. The number of hydrogen-bond donors (Lipinski definition) is 1. The topological polar surface area (TPSA) is 15.3 Å². The molecule has 0 spiro atoms. The zero-order chi connectivity index (χ0) is 10.6. The van der Waals surface area contributed by atoms with Crippen LogP contribution in [0.3, 0.4) is 0 Å². The Morgan fingerprint density at radius 1 is 1.50 bits per heavy atom. The van der Waals surface area contributed by atoms with Crippen LogP contribution in [0.1, 0.15) is 40.0 Å². The quantitative estimate of drug-likeness (QED) is 0.728. The van der Waals surface area contributed by atoms with E-state index in [1.54, 1.807) is 0 Å². The summed E-state index contributed by atoms with van der Waals surface area (Å²) in [5, 5.41) is 3.65. The van der Waals surface area contributed by atoms with E-state index in [1.807, 2.05) is 0 Å². The molecular formula is C12H26N2. The smallest absolute Gasteiger partial charge is 0.0105 e. The molecule has 14 heavy (non-hydrogen) atoms. The van der Waals surface area contributed by atoms with E-state index in [4.69, 9.17) is 0 Å². The fourth-order valence-corrected chi connectivity index (χ4v) is 2.33. The Bertz CT molecular complexity index is 158. The first kappa shape index (κ1) is 12.0. The Balaban J connectivity index is 2.18. The number of nitrogens with zero attached hydrogens (tertiary/aromatic N) is 1. The zero-order valence-electron chi connectivity index (χ0n) is 10.2. The van der Waals surface area contributed by atoms with Crippen LogP contribution >= 0.6 is 0 Å². The van der Waals surface area contributed by atoms with Crippen LogP contribution in [-0.4, -0.2) is 37.1 Å². The van der Waals surface area contributed by atoms with Gasteiger partial charge in [-0.25, -0.2) is 0 Å². The lowest BCUT2D eigenvalue weighted by molar-refractivity contribution is 0.282. The third-order valence-corrected chi connectivity index (χ3v) is 3.68. The number of likely N-dealkylation sites (tertiary alicyclic amines) is 1. The van der Waals surface area contributed by atoms with E-state index in [0.717, 1.165) is 12.0 Å².